The molecule has 20 heavy (non-hydrogen) atoms. The molecular weight excluding hydrogens is 256 g/mol. The normalized spacial score (nSPS) is 10.2. The highest BCUT2D eigenvalue weighted by Gasteiger charge is 2.20. The minimum atomic E-state index is -0.171. The maximum absolute atomic E-state index is 12.5. The van der Waals surface area contributed by atoms with Crippen molar-refractivity contribution in [2.24, 2.45) is 7.05 Å². The van der Waals surface area contributed by atoms with Crippen molar-refractivity contribution in [3.8, 4) is 6.07 Å². The third kappa shape index (κ3) is 3.01. The molecule has 0 saturated heterocycles. The van der Waals surface area contributed by atoms with Crippen molar-refractivity contribution in [2.45, 2.75) is 13.0 Å². The molecule has 2 N–H and O–H groups in total. The molecule has 2 rings (SSSR count). The zero-order valence-corrected chi connectivity index (χ0v) is 11.2. The second kappa shape index (κ2) is 5.97. The summed E-state index contributed by atoms with van der Waals surface area (Å²) in [6, 6.07) is 7.24. The zero-order valence-electron chi connectivity index (χ0n) is 11.2. The minimum Gasteiger partial charge on any atom is -0.467 e. The SMILES string of the molecule is Cn1cc(N)cc1C(=O)N(CCC#N)Cc1ccco1. The van der Waals surface area contributed by atoms with Crippen molar-refractivity contribution >= 4 is 11.6 Å². The van der Waals surface area contributed by atoms with Crippen LogP contribution in [0.3, 0.4) is 0 Å². The summed E-state index contributed by atoms with van der Waals surface area (Å²) < 4.78 is 6.94. The van der Waals surface area contributed by atoms with Gasteiger partial charge in [0.05, 0.1) is 31.0 Å². The Morgan fingerprint density at radius 3 is 2.95 bits per heavy atom. The highest BCUT2D eigenvalue weighted by atomic mass is 16.3. The first-order valence-corrected chi connectivity index (χ1v) is 6.22. The summed E-state index contributed by atoms with van der Waals surface area (Å²) in [5.41, 5.74) is 6.72. The van der Waals surface area contributed by atoms with Gasteiger partial charge in [-0.3, -0.25) is 4.79 Å². The molecule has 0 radical (unpaired) electrons. The van der Waals surface area contributed by atoms with Crippen LogP contribution in [0.25, 0.3) is 0 Å². The molecule has 6 heteroatoms. The highest BCUT2D eigenvalue weighted by molar-refractivity contribution is 5.93. The van der Waals surface area contributed by atoms with Crippen molar-refractivity contribution in [1.82, 2.24) is 9.47 Å². The van der Waals surface area contributed by atoms with Crippen LogP contribution in [-0.4, -0.2) is 21.9 Å². The van der Waals surface area contributed by atoms with Crippen molar-refractivity contribution in [1.29, 1.82) is 5.26 Å². The lowest BCUT2D eigenvalue weighted by Gasteiger charge is -2.20. The summed E-state index contributed by atoms with van der Waals surface area (Å²) in [5.74, 6) is 0.509. The Labute approximate surface area is 117 Å². The number of nitrogens with zero attached hydrogens (tertiary/aromatic N) is 3. The minimum absolute atomic E-state index is 0.171. The predicted octanol–water partition coefficient (Wildman–Crippen LogP) is 1.76. The molecule has 6 nitrogen and oxygen atoms in total. The second-order valence-electron chi connectivity index (χ2n) is 4.48. The first kappa shape index (κ1) is 13.7. The fraction of sp³-hybridized carbons (Fsp3) is 0.286. The number of nitriles is 1. The van der Waals surface area contributed by atoms with E-state index in [1.54, 1.807) is 47.2 Å². The molecule has 0 aromatic carbocycles. The van der Waals surface area contributed by atoms with Crippen LogP contribution in [0.1, 0.15) is 22.7 Å². The number of carbonyl (C=O) groups excluding carboxylic acids is 1. The van der Waals surface area contributed by atoms with E-state index in [0.29, 0.717) is 30.2 Å². The van der Waals surface area contributed by atoms with Crippen molar-refractivity contribution < 1.29 is 9.21 Å². The maximum Gasteiger partial charge on any atom is 0.270 e. The molecule has 0 saturated carbocycles. The molecule has 0 aliphatic carbocycles. The monoisotopic (exact) mass is 272 g/mol. The molecule has 0 bridgehead atoms. The molecular formula is C14H16N4O2. The lowest BCUT2D eigenvalue weighted by molar-refractivity contribution is 0.0725. The lowest BCUT2D eigenvalue weighted by Crippen LogP contribution is -2.32. The van der Waals surface area contributed by atoms with Crippen molar-refractivity contribution in [3.63, 3.8) is 0 Å². The van der Waals surface area contributed by atoms with Crippen LogP contribution < -0.4 is 5.73 Å². The van der Waals surface area contributed by atoms with E-state index >= 15 is 0 Å². The molecule has 0 aliphatic heterocycles. The van der Waals surface area contributed by atoms with Crippen LogP contribution in [0.15, 0.2) is 35.1 Å². The largest absolute Gasteiger partial charge is 0.467 e. The number of nitrogens with two attached hydrogens (primary N) is 1. The van der Waals surface area contributed by atoms with Crippen LogP contribution in [0.4, 0.5) is 5.69 Å². The Kier molecular flexibility index (Phi) is 4.11. The number of rotatable bonds is 5. The van der Waals surface area contributed by atoms with Gasteiger partial charge >= 0.3 is 0 Å². The van der Waals surface area contributed by atoms with E-state index < -0.39 is 0 Å². The Morgan fingerprint density at radius 1 is 1.60 bits per heavy atom. The molecule has 0 atom stereocenters. The van der Waals surface area contributed by atoms with Gasteiger partial charge in [-0.25, -0.2) is 0 Å². The molecule has 1 amide bonds. The van der Waals surface area contributed by atoms with E-state index in [0.717, 1.165) is 0 Å². The molecule has 0 spiro atoms. The predicted molar refractivity (Wildman–Crippen MR) is 73.5 cm³/mol. The van der Waals surface area contributed by atoms with E-state index in [1.165, 1.54) is 0 Å². The second-order valence-corrected chi connectivity index (χ2v) is 4.48. The van der Waals surface area contributed by atoms with Gasteiger partial charge in [-0.2, -0.15) is 5.26 Å². The number of hydrogen-bond acceptors (Lipinski definition) is 4. The number of amides is 1. The number of aryl methyl sites for hydroxylation is 1. The highest BCUT2D eigenvalue weighted by Crippen LogP contribution is 2.14. The maximum atomic E-state index is 12.5. The summed E-state index contributed by atoms with van der Waals surface area (Å²) in [5, 5.41) is 8.72. The van der Waals surface area contributed by atoms with Crippen molar-refractivity contribution in [2.75, 3.05) is 12.3 Å². The summed E-state index contributed by atoms with van der Waals surface area (Å²) >= 11 is 0. The average Bonchev–Trinajstić information content (AvgIpc) is 3.03. The Morgan fingerprint density at radius 2 is 2.40 bits per heavy atom. The third-order valence-electron chi connectivity index (χ3n) is 2.95. The zero-order chi connectivity index (χ0) is 14.5. The van der Waals surface area contributed by atoms with Crippen LogP contribution in [0.5, 0.6) is 0 Å². The van der Waals surface area contributed by atoms with Crippen molar-refractivity contribution in [3.05, 3.63) is 42.1 Å². The van der Waals surface area contributed by atoms with E-state index in [2.05, 4.69) is 0 Å². The summed E-state index contributed by atoms with van der Waals surface area (Å²) in [4.78, 5) is 14.1. The van der Waals surface area contributed by atoms with Gasteiger partial charge in [-0.15, -0.1) is 0 Å². The molecule has 2 heterocycles. The standard InChI is InChI=1S/C14H16N4O2/c1-17-9-11(16)8-13(17)14(19)18(6-3-5-15)10-12-4-2-7-20-12/h2,4,7-9H,3,6,10,16H2,1H3. The third-order valence-corrected chi connectivity index (χ3v) is 2.95. The molecule has 0 fully saturated rings. The van der Waals surface area contributed by atoms with Gasteiger partial charge in [0.25, 0.3) is 5.91 Å². The van der Waals surface area contributed by atoms with E-state index in [9.17, 15) is 4.79 Å². The number of carbonyl (C=O) groups is 1. The van der Waals surface area contributed by atoms with Crippen LogP contribution in [-0.2, 0) is 13.6 Å². The molecule has 2 aromatic heterocycles. The van der Waals surface area contributed by atoms with Crippen LogP contribution in [0, 0.1) is 11.3 Å². The Balaban J connectivity index is 2.19. The Hall–Kier alpha value is -2.68. The Bertz CT molecular complexity index is 622. The molecule has 2 aromatic rings. The summed E-state index contributed by atoms with van der Waals surface area (Å²) in [6.45, 7) is 0.680. The fourth-order valence-electron chi connectivity index (χ4n) is 1.99. The van der Waals surface area contributed by atoms with Gasteiger partial charge in [0.15, 0.2) is 0 Å². The fourth-order valence-corrected chi connectivity index (χ4v) is 1.99. The molecule has 0 unspecified atom stereocenters. The van der Waals surface area contributed by atoms with Gasteiger partial charge in [0.1, 0.15) is 11.5 Å². The molecule has 0 aliphatic rings. The van der Waals surface area contributed by atoms with Gasteiger partial charge < -0.3 is 19.6 Å². The topological polar surface area (TPSA) is 88.2 Å². The van der Waals surface area contributed by atoms with E-state index in [1.807, 2.05) is 6.07 Å². The van der Waals surface area contributed by atoms with Crippen LogP contribution in [0.2, 0.25) is 0 Å². The number of furan rings is 1. The lowest BCUT2D eigenvalue weighted by atomic mass is 10.3. The van der Waals surface area contributed by atoms with Gasteiger partial charge in [0.2, 0.25) is 0 Å². The van der Waals surface area contributed by atoms with Gasteiger partial charge in [-0.1, -0.05) is 0 Å². The average molecular weight is 272 g/mol. The summed E-state index contributed by atoms with van der Waals surface area (Å²) in [6.07, 6.45) is 3.51. The number of nitrogen functional groups attached to an aromatic ring is 1. The van der Waals surface area contributed by atoms with Gasteiger partial charge in [-0.05, 0) is 18.2 Å². The first-order chi connectivity index (χ1) is 9.61. The number of anilines is 1. The van der Waals surface area contributed by atoms with Crippen LogP contribution >= 0.6 is 0 Å². The number of hydrogen-bond donors (Lipinski definition) is 1. The van der Waals surface area contributed by atoms with E-state index in [-0.39, 0.29) is 12.3 Å². The number of aromatic nitrogens is 1. The van der Waals surface area contributed by atoms with Gasteiger partial charge in [0, 0.05) is 19.8 Å². The smallest absolute Gasteiger partial charge is 0.270 e. The van der Waals surface area contributed by atoms with E-state index in [4.69, 9.17) is 15.4 Å². The quantitative estimate of drug-likeness (QED) is 0.898. The first-order valence-electron chi connectivity index (χ1n) is 6.22. The summed E-state index contributed by atoms with van der Waals surface area (Å²) in [7, 11) is 1.76. The molecule has 104 valence electrons.